The summed E-state index contributed by atoms with van der Waals surface area (Å²) in [4.78, 5) is 14.8. The largest absolute Gasteiger partial charge is 0.493 e. The van der Waals surface area contributed by atoms with Gasteiger partial charge in [-0.3, -0.25) is 4.79 Å². The number of rotatable bonds is 4. The van der Waals surface area contributed by atoms with Crippen molar-refractivity contribution in [3.63, 3.8) is 0 Å². The first-order valence-electron chi connectivity index (χ1n) is 9.50. The second kappa shape index (κ2) is 5.93. The van der Waals surface area contributed by atoms with Crippen LogP contribution in [0.4, 0.5) is 8.78 Å². The molecule has 1 saturated heterocycles. The smallest absolute Gasteiger partial charge is 0.226 e. The molecule has 0 radical (unpaired) electrons. The van der Waals surface area contributed by atoms with Gasteiger partial charge in [0, 0.05) is 24.9 Å². The summed E-state index contributed by atoms with van der Waals surface area (Å²) in [7, 11) is 3.18. The molecule has 5 rings (SSSR count). The first kappa shape index (κ1) is 17.5. The Morgan fingerprint density at radius 1 is 1.14 bits per heavy atom. The number of carbonyl (C=O) groups excluding carboxylic acids is 1. The molecule has 28 heavy (non-hydrogen) atoms. The molecule has 1 saturated carbocycles. The van der Waals surface area contributed by atoms with Crippen molar-refractivity contribution in [1.29, 1.82) is 0 Å². The number of hydrogen-bond donors (Lipinski definition) is 0. The maximum Gasteiger partial charge on any atom is 0.226 e. The van der Waals surface area contributed by atoms with E-state index in [2.05, 4.69) is 0 Å². The Balaban J connectivity index is 1.70. The van der Waals surface area contributed by atoms with Crippen LogP contribution in [0.2, 0.25) is 0 Å². The van der Waals surface area contributed by atoms with Crippen molar-refractivity contribution in [3.8, 4) is 11.5 Å². The van der Waals surface area contributed by atoms with Crippen molar-refractivity contribution in [1.82, 2.24) is 4.90 Å². The molecule has 1 aliphatic carbocycles. The van der Waals surface area contributed by atoms with Gasteiger partial charge in [-0.2, -0.15) is 0 Å². The van der Waals surface area contributed by atoms with Gasteiger partial charge in [0.1, 0.15) is 11.6 Å². The van der Waals surface area contributed by atoms with Gasteiger partial charge in [-0.05, 0) is 53.6 Å². The average molecular weight is 385 g/mol. The molecule has 4 nitrogen and oxygen atoms in total. The van der Waals surface area contributed by atoms with E-state index in [1.165, 1.54) is 12.1 Å². The second-order valence-electron chi connectivity index (χ2n) is 7.89. The molecule has 2 heterocycles. The summed E-state index contributed by atoms with van der Waals surface area (Å²) in [5.41, 5.74) is 1.90. The summed E-state index contributed by atoms with van der Waals surface area (Å²) in [5, 5.41) is 0. The molecule has 3 atom stereocenters. The Morgan fingerprint density at radius 2 is 1.89 bits per heavy atom. The van der Waals surface area contributed by atoms with Crippen molar-refractivity contribution in [2.45, 2.75) is 24.8 Å². The number of hydrogen-bond acceptors (Lipinski definition) is 3. The predicted molar refractivity (Wildman–Crippen MR) is 98.3 cm³/mol. The standard InChI is InChI=1S/C22H21F2NO3/c1-27-19-7-12-5-6-25-21(26)15-9-17(15)22(25,16(12)10-20(19)28-2)11-13-3-4-14(23)8-18(13)24/h3-4,7-8,10,15,17H,5-6,9,11H2,1-2H3/t15-,17+,22-/m1/s1. The minimum atomic E-state index is -0.618. The number of ether oxygens (including phenoxy) is 2. The average Bonchev–Trinajstić information content (AvgIpc) is 3.45. The summed E-state index contributed by atoms with van der Waals surface area (Å²) < 4.78 is 38.9. The molecular weight excluding hydrogens is 364 g/mol. The van der Waals surface area contributed by atoms with E-state index in [9.17, 15) is 13.6 Å². The lowest BCUT2D eigenvalue weighted by atomic mass is 9.74. The third kappa shape index (κ3) is 2.23. The van der Waals surface area contributed by atoms with E-state index in [4.69, 9.17) is 9.47 Å². The highest BCUT2D eigenvalue weighted by atomic mass is 19.1. The van der Waals surface area contributed by atoms with Gasteiger partial charge in [-0.25, -0.2) is 8.78 Å². The van der Waals surface area contributed by atoms with Crippen LogP contribution in [0.15, 0.2) is 30.3 Å². The molecule has 2 fully saturated rings. The van der Waals surface area contributed by atoms with Crippen LogP contribution < -0.4 is 9.47 Å². The molecule has 0 bridgehead atoms. The number of carbonyl (C=O) groups is 1. The molecule has 1 amide bonds. The fraction of sp³-hybridized carbons (Fsp3) is 0.409. The van der Waals surface area contributed by atoms with Crippen LogP contribution in [0.1, 0.15) is 23.1 Å². The minimum Gasteiger partial charge on any atom is -0.493 e. The quantitative estimate of drug-likeness (QED) is 0.809. The number of fused-ring (bicyclic) bond motifs is 5. The molecule has 0 unspecified atom stereocenters. The van der Waals surface area contributed by atoms with Gasteiger partial charge in [-0.1, -0.05) is 6.07 Å². The van der Waals surface area contributed by atoms with Crippen molar-refractivity contribution in [3.05, 3.63) is 58.7 Å². The number of methoxy groups -OCH3 is 2. The number of benzene rings is 2. The summed E-state index contributed by atoms with van der Waals surface area (Å²) in [6.45, 7) is 0.594. The maximum atomic E-state index is 14.5. The lowest BCUT2D eigenvalue weighted by molar-refractivity contribution is -0.135. The van der Waals surface area contributed by atoms with E-state index in [1.807, 2.05) is 17.0 Å². The van der Waals surface area contributed by atoms with Gasteiger partial charge in [0.15, 0.2) is 11.5 Å². The Kier molecular flexibility index (Phi) is 3.70. The monoisotopic (exact) mass is 385 g/mol. The van der Waals surface area contributed by atoms with Crippen LogP contribution >= 0.6 is 0 Å². The highest BCUT2D eigenvalue weighted by Gasteiger charge is 2.68. The van der Waals surface area contributed by atoms with E-state index in [-0.39, 0.29) is 17.7 Å². The number of halogens is 2. The van der Waals surface area contributed by atoms with Crippen molar-refractivity contribution < 1.29 is 23.0 Å². The zero-order chi connectivity index (χ0) is 19.6. The molecule has 0 aromatic heterocycles. The van der Waals surface area contributed by atoms with Crippen LogP contribution in [0.5, 0.6) is 11.5 Å². The van der Waals surface area contributed by atoms with Crippen LogP contribution in [0.3, 0.4) is 0 Å². The van der Waals surface area contributed by atoms with Gasteiger partial charge in [0.2, 0.25) is 5.91 Å². The third-order valence-corrected chi connectivity index (χ3v) is 6.62. The van der Waals surface area contributed by atoms with Crippen LogP contribution in [-0.2, 0) is 23.2 Å². The molecule has 146 valence electrons. The molecule has 2 aromatic carbocycles. The highest BCUT2D eigenvalue weighted by Crippen LogP contribution is 2.64. The first-order valence-corrected chi connectivity index (χ1v) is 9.50. The molecule has 2 aromatic rings. The number of nitrogens with zero attached hydrogens (tertiary/aromatic N) is 1. The van der Waals surface area contributed by atoms with Gasteiger partial charge in [0.25, 0.3) is 0 Å². The molecular formula is C22H21F2NO3. The molecule has 0 N–H and O–H groups in total. The molecule has 0 spiro atoms. The maximum absolute atomic E-state index is 14.5. The highest BCUT2D eigenvalue weighted by molar-refractivity contribution is 5.87. The van der Waals surface area contributed by atoms with Gasteiger partial charge in [0.05, 0.1) is 19.8 Å². The molecule has 6 heteroatoms. The topological polar surface area (TPSA) is 38.8 Å². The Labute approximate surface area is 162 Å². The third-order valence-electron chi connectivity index (χ3n) is 6.62. The zero-order valence-electron chi connectivity index (χ0n) is 15.8. The van der Waals surface area contributed by atoms with E-state index in [0.717, 1.165) is 23.6 Å². The van der Waals surface area contributed by atoms with E-state index < -0.39 is 17.2 Å². The summed E-state index contributed by atoms with van der Waals surface area (Å²) in [6.07, 6.45) is 1.86. The normalized spacial score (nSPS) is 27.1. The lowest BCUT2D eigenvalue weighted by Gasteiger charge is -2.46. The Bertz CT molecular complexity index is 992. The van der Waals surface area contributed by atoms with Gasteiger partial charge in [-0.15, -0.1) is 0 Å². The van der Waals surface area contributed by atoms with Crippen LogP contribution in [0.25, 0.3) is 0 Å². The van der Waals surface area contributed by atoms with Crippen molar-refractivity contribution in [2.75, 3.05) is 20.8 Å². The Morgan fingerprint density at radius 3 is 2.61 bits per heavy atom. The van der Waals surface area contributed by atoms with E-state index in [0.29, 0.717) is 36.4 Å². The van der Waals surface area contributed by atoms with Crippen LogP contribution in [0, 0.1) is 23.5 Å². The first-order chi connectivity index (χ1) is 13.5. The fourth-order valence-electron chi connectivity index (χ4n) is 5.29. The second-order valence-corrected chi connectivity index (χ2v) is 7.89. The van der Waals surface area contributed by atoms with E-state index >= 15 is 0 Å². The number of amides is 1. The number of piperidine rings is 1. The predicted octanol–water partition coefficient (Wildman–Crippen LogP) is 3.45. The van der Waals surface area contributed by atoms with E-state index in [1.54, 1.807) is 14.2 Å². The summed E-state index contributed by atoms with van der Waals surface area (Å²) in [5.74, 6) is 0.363. The zero-order valence-corrected chi connectivity index (χ0v) is 15.8. The molecule has 3 aliphatic rings. The van der Waals surface area contributed by atoms with Gasteiger partial charge < -0.3 is 14.4 Å². The molecule has 2 aliphatic heterocycles. The lowest BCUT2D eigenvalue weighted by Crippen LogP contribution is -2.52. The minimum absolute atomic E-state index is 0.00237. The van der Waals surface area contributed by atoms with Crippen LogP contribution in [-0.4, -0.2) is 31.6 Å². The van der Waals surface area contributed by atoms with Crippen molar-refractivity contribution >= 4 is 5.91 Å². The van der Waals surface area contributed by atoms with Crippen molar-refractivity contribution in [2.24, 2.45) is 11.8 Å². The summed E-state index contributed by atoms with van der Waals surface area (Å²) in [6, 6.07) is 7.59. The Hall–Kier alpha value is -2.63. The SMILES string of the molecule is COc1cc2c(cc1OC)[C@]1(Cc3ccc(F)cc3F)[C@H]3C[C@H]3C(=O)N1CC2. The summed E-state index contributed by atoms with van der Waals surface area (Å²) >= 11 is 0. The van der Waals surface area contributed by atoms with Gasteiger partial charge >= 0.3 is 0 Å². The fourth-order valence-corrected chi connectivity index (χ4v) is 5.29.